The summed E-state index contributed by atoms with van der Waals surface area (Å²) >= 11 is 0. The van der Waals surface area contributed by atoms with Crippen molar-refractivity contribution in [2.75, 3.05) is 25.6 Å². The van der Waals surface area contributed by atoms with Gasteiger partial charge in [-0.25, -0.2) is 13.4 Å². The van der Waals surface area contributed by atoms with Gasteiger partial charge in [0.25, 0.3) is 0 Å². The number of hydrogen-bond acceptors (Lipinski definition) is 5. The van der Waals surface area contributed by atoms with Crippen LogP contribution in [0.15, 0.2) is 0 Å². The van der Waals surface area contributed by atoms with Crippen LogP contribution in [-0.2, 0) is 14.6 Å². The molecule has 14 heavy (non-hydrogen) atoms. The van der Waals surface area contributed by atoms with E-state index < -0.39 is 22.0 Å². The van der Waals surface area contributed by atoms with Crippen molar-refractivity contribution in [1.29, 1.82) is 0 Å². The van der Waals surface area contributed by atoms with E-state index in [0.29, 0.717) is 6.41 Å². The molecular weight excluding hydrogens is 208 g/mol. The molecule has 1 heterocycles. The molecule has 82 valence electrons. The summed E-state index contributed by atoms with van der Waals surface area (Å²) in [6, 6.07) is -0.660. The van der Waals surface area contributed by atoms with Crippen molar-refractivity contribution < 1.29 is 18.3 Å². The van der Waals surface area contributed by atoms with Crippen molar-refractivity contribution in [3.8, 4) is 0 Å². The first-order valence-corrected chi connectivity index (χ1v) is 5.99. The van der Waals surface area contributed by atoms with Gasteiger partial charge in [-0.15, -0.1) is 0 Å². The van der Waals surface area contributed by atoms with Crippen LogP contribution >= 0.6 is 0 Å². The molecule has 0 spiro atoms. The highest BCUT2D eigenvalue weighted by Gasteiger charge is 2.40. The molecule has 0 aliphatic carbocycles. The second-order valence-corrected chi connectivity index (χ2v) is 5.70. The summed E-state index contributed by atoms with van der Waals surface area (Å²) < 4.78 is 22.3. The van der Waals surface area contributed by atoms with E-state index in [4.69, 9.17) is 0 Å². The third-order valence-corrected chi connectivity index (χ3v) is 3.90. The molecule has 0 saturated carbocycles. The molecule has 0 radical (unpaired) electrons. The van der Waals surface area contributed by atoms with Crippen molar-refractivity contribution in [3.05, 3.63) is 0 Å². The van der Waals surface area contributed by atoms with Gasteiger partial charge in [-0.3, -0.25) is 9.80 Å². The first-order valence-electron chi connectivity index (χ1n) is 4.17. The molecule has 1 aliphatic heterocycles. The van der Waals surface area contributed by atoms with Gasteiger partial charge >= 0.3 is 0 Å². The van der Waals surface area contributed by atoms with Gasteiger partial charge in [0.2, 0.25) is 6.41 Å². The fourth-order valence-corrected chi connectivity index (χ4v) is 3.31. The highest BCUT2D eigenvalue weighted by atomic mass is 32.2. The third kappa shape index (κ3) is 2.23. The second kappa shape index (κ2) is 3.84. The van der Waals surface area contributed by atoms with Crippen LogP contribution in [0.1, 0.15) is 0 Å². The Bertz CT molecular complexity index is 314. The van der Waals surface area contributed by atoms with E-state index in [1.54, 1.807) is 14.1 Å². The Morgan fingerprint density at radius 1 is 1.36 bits per heavy atom. The molecule has 1 aliphatic rings. The zero-order chi connectivity index (χ0) is 10.9. The van der Waals surface area contributed by atoms with Crippen LogP contribution in [0.5, 0.6) is 0 Å². The van der Waals surface area contributed by atoms with Crippen molar-refractivity contribution in [2.45, 2.75) is 12.1 Å². The number of hydrogen-bond donors (Lipinski definition) is 1. The van der Waals surface area contributed by atoms with Crippen molar-refractivity contribution in [3.63, 3.8) is 0 Å². The summed E-state index contributed by atoms with van der Waals surface area (Å²) in [4.78, 5) is 10.7. The van der Waals surface area contributed by atoms with Gasteiger partial charge in [-0.1, -0.05) is 0 Å². The first kappa shape index (κ1) is 11.4. The number of sulfone groups is 1. The van der Waals surface area contributed by atoms with Crippen LogP contribution in [-0.4, -0.2) is 67.7 Å². The van der Waals surface area contributed by atoms with Crippen molar-refractivity contribution in [2.24, 2.45) is 0 Å². The molecule has 0 aromatic carbocycles. The number of amides is 1. The van der Waals surface area contributed by atoms with Gasteiger partial charge in [-0.2, -0.15) is 0 Å². The van der Waals surface area contributed by atoms with Gasteiger partial charge < -0.3 is 5.11 Å². The molecular formula is C7H14N2O4S. The normalized spacial score (nSPS) is 30.6. The maximum Gasteiger partial charge on any atom is 0.224 e. The average Bonchev–Trinajstić information content (AvgIpc) is 2.26. The topological polar surface area (TPSA) is 77.9 Å². The van der Waals surface area contributed by atoms with E-state index >= 15 is 0 Å². The number of carbonyl (C=O) groups excluding carboxylic acids is 1. The summed E-state index contributed by atoms with van der Waals surface area (Å²) in [5, 5.41) is 12.1. The molecule has 0 unspecified atom stereocenters. The average molecular weight is 222 g/mol. The molecule has 2 atom stereocenters. The van der Waals surface area contributed by atoms with E-state index in [1.165, 1.54) is 10.0 Å². The van der Waals surface area contributed by atoms with Crippen molar-refractivity contribution in [1.82, 2.24) is 10.0 Å². The highest BCUT2D eigenvalue weighted by Crippen LogP contribution is 2.17. The quantitative estimate of drug-likeness (QED) is 0.445. The maximum atomic E-state index is 11.2. The maximum absolute atomic E-state index is 11.2. The number of hydrazine groups is 1. The second-order valence-electron chi connectivity index (χ2n) is 3.54. The number of nitrogens with zero attached hydrogens (tertiary/aromatic N) is 2. The number of carbonyl (C=O) groups is 1. The lowest BCUT2D eigenvalue weighted by Crippen LogP contribution is -2.49. The molecule has 1 rings (SSSR count). The SMILES string of the molecule is CN(C)N(C=O)[C@@H]1CS(=O)(=O)C[C@@H]1O. The minimum Gasteiger partial charge on any atom is -0.390 e. The number of rotatable bonds is 3. The monoisotopic (exact) mass is 222 g/mol. The Morgan fingerprint density at radius 2 is 1.93 bits per heavy atom. The first-order chi connectivity index (χ1) is 6.37. The van der Waals surface area contributed by atoms with Gasteiger partial charge in [0.15, 0.2) is 9.84 Å². The van der Waals surface area contributed by atoms with Gasteiger partial charge in [0.1, 0.15) is 0 Å². The van der Waals surface area contributed by atoms with Crippen molar-refractivity contribution >= 4 is 16.2 Å². The highest BCUT2D eigenvalue weighted by molar-refractivity contribution is 7.91. The molecule has 0 bridgehead atoms. The molecule has 0 aromatic heterocycles. The molecule has 1 saturated heterocycles. The fraction of sp³-hybridized carbons (Fsp3) is 0.857. The standard InChI is InChI=1S/C7H14N2O4S/c1-8(2)9(5-10)6-3-14(12,13)4-7(6)11/h5-7,11H,3-4H2,1-2H3/t6-,7+/m1/s1. The van der Waals surface area contributed by atoms with E-state index in [0.717, 1.165) is 0 Å². The van der Waals surface area contributed by atoms with Crippen LogP contribution in [0.2, 0.25) is 0 Å². The lowest BCUT2D eigenvalue weighted by molar-refractivity contribution is -0.138. The smallest absolute Gasteiger partial charge is 0.224 e. The minimum atomic E-state index is -3.21. The Labute approximate surface area is 83.0 Å². The molecule has 7 heteroatoms. The van der Waals surface area contributed by atoms with Crippen LogP contribution in [0.3, 0.4) is 0 Å². The molecule has 0 aromatic rings. The summed E-state index contributed by atoms with van der Waals surface area (Å²) in [5.41, 5.74) is 0. The number of aliphatic hydroxyl groups excluding tert-OH is 1. The zero-order valence-electron chi connectivity index (χ0n) is 8.12. The number of aliphatic hydroxyl groups is 1. The Hall–Kier alpha value is -0.660. The van der Waals surface area contributed by atoms with E-state index in [-0.39, 0.29) is 11.5 Å². The van der Waals surface area contributed by atoms with Gasteiger partial charge in [0.05, 0.1) is 23.7 Å². The van der Waals surface area contributed by atoms with Gasteiger partial charge in [-0.05, 0) is 0 Å². The summed E-state index contributed by atoms with van der Waals surface area (Å²) in [5.74, 6) is -0.444. The summed E-state index contributed by atoms with van der Waals surface area (Å²) in [7, 11) is 0.0237. The third-order valence-electron chi connectivity index (χ3n) is 2.20. The van der Waals surface area contributed by atoms with E-state index in [9.17, 15) is 18.3 Å². The predicted octanol–water partition coefficient (Wildman–Crippen LogP) is -1.92. The van der Waals surface area contributed by atoms with Crippen LogP contribution in [0.25, 0.3) is 0 Å². The summed E-state index contributed by atoms with van der Waals surface area (Å²) in [6.07, 6.45) is -0.470. The minimum absolute atomic E-state index is 0.176. The van der Waals surface area contributed by atoms with E-state index in [1.807, 2.05) is 0 Å². The predicted molar refractivity (Wildman–Crippen MR) is 50.0 cm³/mol. The molecule has 1 fully saturated rings. The summed E-state index contributed by atoms with van der Waals surface area (Å²) in [6.45, 7) is 0. The van der Waals surface area contributed by atoms with Crippen LogP contribution in [0, 0.1) is 0 Å². The lowest BCUT2D eigenvalue weighted by Gasteiger charge is -2.31. The molecule has 1 amide bonds. The lowest BCUT2D eigenvalue weighted by atomic mass is 10.2. The Balaban J connectivity index is 2.83. The fourth-order valence-electron chi connectivity index (χ4n) is 1.53. The molecule has 1 N–H and O–H groups in total. The zero-order valence-corrected chi connectivity index (χ0v) is 8.94. The largest absolute Gasteiger partial charge is 0.390 e. The van der Waals surface area contributed by atoms with Crippen LogP contribution < -0.4 is 0 Å². The molecule has 6 nitrogen and oxygen atoms in total. The van der Waals surface area contributed by atoms with Gasteiger partial charge in [0, 0.05) is 14.1 Å². The van der Waals surface area contributed by atoms with Crippen LogP contribution in [0.4, 0.5) is 0 Å². The Kier molecular flexibility index (Phi) is 3.13. The van der Waals surface area contributed by atoms with E-state index in [2.05, 4.69) is 0 Å². The Morgan fingerprint density at radius 3 is 2.21 bits per heavy atom.